The molecule has 0 saturated heterocycles. The molecule has 22 heavy (non-hydrogen) atoms. The van der Waals surface area contributed by atoms with E-state index in [2.05, 4.69) is 23.5 Å². The van der Waals surface area contributed by atoms with Crippen molar-refractivity contribution in [3.8, 4) is 16.9 Å². The summed E-state index contributed by atoms with van der Waals surface area (Å²) in [6.07, 6.45) is 0.893. The van der Waals surface area contributed by atoms with Gasteiger partial charge in [0, 0.05) is 16.6 Å². The van der Waals surface area contributed by atoms with Crippen molar-refractivity contribution in [2.75, 3.05) is 0 Å². The van der Waals surface area contributed by atoms with Crippen LogP contribution in [0.4, 0.5) is 0 Å². The van der Waals surface area contributed by atoms with Crippen LogP contribution in [-0.2, 0) is 13.0 Å². The number of aliphatic hydroxyl groups excluding tert-OH is 1. The number of benzene rings is 1. The molecule has 0 unspecified atom stereocenters. The summed E-state index contributed by atoms with van der Waals surface area (Å²) in [4.78, 5) is 0. The highest BCUT2D eigenvalue weighted by molar-refractivity contribution is 5.96. The smallest absolute Gasteiger partial charge is 0.115 e. The highest BCUT2D eigenvalue weighted by Crippen LogP contribution is 2.38. The number of aliphatic hydroxyl groups is 1. The standard InChI is InChI=1S/C19H17NO2/c1-2-16-18(12-4-8-15(22)9-5-12)17-10-7-14-6-3-13(11-21)19(16)20(14)17/h3-10,21-22H,2,11H2,1H3. The van der Waals surface area contributed by atoms with E-state index in [9.17, 15) is 10.2 Å². The molecule has 3 nitrogen and oxygen atoms in total. The average Bonchev–Trinajstić information content (AvgIpc) is 3.10. The van der Waals surface area contributed by atoms with Gasteiger partial charge in [-0.2, -0.15) is 0 Å². The predicted octanol–water partition coefficient (Wildman–Crippen LogP) is 3.96. The van der Waals surface area contributed by atoms with Gasteiger partial charge in [-0.25, -0.2) is 0 Å². The fourth-order valence-corrected chi connectivity index (χ4v) is 3.46. The fraction of sp³-hybridized carbons (Fsp3) is 0.158. The maximum Gasteiger partial charge on any atom is 0.115 e. The number of aromatic nitrogens is 1. The monoisotopic (exact) mass is 291 g/mol. The van der Waals surface area contributed by atoms with Crippen molar-refractivity contribution < 1.29 is 10.2 Å². The summed E-state index contributed by atoms with van der Waals surface area (Å²) in [6, 6.07) is 15.6. The maximum atomic E-state index is 9.71. The van der Waals surface area contributed by atoms with E-state index < -0.39 is 0 Å². The molecule has 3 heteroatoms. The van der Waals surface area contributed by atoms with Crippen molar-refractivity contribution in [2.24, 2.45) is 0 Å². The Hall–Kier alpha value is -2.52. The van der Waals surface area contributed by atoms with Crippen LogP contribution in [-0.4, -0.2) is 14.6 Å². The minimum Gasteiger partial charge on any atom is -0.508 e. The molecule has 0 atom stereocenters. The van der Waals surface area contributed by atoms with Crippen molar-refractivity contribution >= 4 is 16.6 Å². The lowest BCUT2D eigenvalue weighted by Gasteiger charge is -2.06. The van der Waals surface area contributed by atoms with Crippen LogP contribution < -0.4 is 0 Å². The van der Waals surface area contributed by atoms with Gasteiger partial charge >= 0.3 is 0 Å². The zero-order valence-corrected chi connectivity index (χ0v) is 12.4. The number of aryl methyl sites for hydroxylation is 1. The summed E-state index contributed by atoms with van der Waals surface area (Å²) in [5.41, 5.74) is 7.90. The Bertz CT molecular complexity index is 951. The van der Waals surface area contributed by atoms with Crippen molar-refractivity contribution in [2.45, 2.75) is 20.0 Å². The van der Waals surface area contributed by atoms with Crippen LogP contribution >= 0.6 is 0 Å². The molecular weight excluding hydrogens is 274 g/mol. The first-order valence-corrected chi connectivity index (χ1v) is 7.52. The van der Waals surface area contributed by atoms with Gasteiger partial charge in [0.05, 0.1) is 17.6 Å². The Morgan fingerprint density at radius 2 is 1.68 bits per heavy atom. The first-order chi connectivity index (χ1) is 10.7. The highest BCUT2D eigenvalue weighted by Gasteiger charge is 2.19. The molecule has 0 fully saturated rings. The summed E-state index contributed by atoms with van der Waals surface area (Å²) in [5.74, 6) is 0.272. The maximum absolute atomic E-state index is 9.71. The number of phenolic OH excluding ortho intramolecular Hbond substituents is 1. The molecule has 0 saturated carbocycles. The minimum absolute atomic E-state index is 0.0370. The topological polar surface area (TPSA) is 44.9 Å². The normalized spacial score (nSPS) is 11.7. The predicted molar refractivity (Wildman–Crippen MR) is 88.5 cm³/mol. The number of hydrogen-bond acceptors (Lipinski definition) is 2. The molecule has 4 aromatic rings. The summed E-state index contributed by atoms with van der Waals surface area (Å²) in [5, 5.41) is 19.2. The average molecular weight is 291 g/mol. The third kappa shape index (κ3) is 1.66. The summed E-state index contributed by atoms with van der Waals surface area (Å²) in [7, 11) is 0. The Balaban J connectivity index is 2.16. The second kappa shape index (κ2) is 4.75. The van der Waals surface area contributed by atoms with Gasteiger partial charge in [-0.3, -0.25) is 0 Å². The molecule has 0 aliphatic carbocycles. The third-order valence-electron chi connectivity index (χ3n) is 4.42. The van der Waals surface area contributed by atoms with Gasteiger partial charge in [0.2, 0.25) is 0 Å². The molecule has 0 aliphatic rings. The van der Waals surface area contributed by atoms with Gasteiger partial charge in [0.1, 0.15) is 5.75 Å². The lowest BCUT2D eigenvalue weighted by Crippen LogP contribution is -1.93. The van der Waals surface area contributed by atoms with Crippen molar-refractivity contribution in [3.05, 3.63) is 59.7 Å². The third-order valence-corrected chi connectivity index (χ3v) is 4.42. The lowest BCUT2D eigenvalue weighted by molar-refractivity contribution is 0.283. The van der Waals surface area contributed by atoms with Gasteiger partial charge in [-0.15, -0.1) is 0 Å². The summed E-state index contributed by atoms with van der Waals surface area (Å²) in [6.45, 7) is 2.18. The summed E-state index contributed by atoms with van der Waals surface area (Å²) < 4.78 is 2.23. The molecule has 0 amide bonds. The largest absolute Gasteiger partial charge is 0.508 e. The van der Waals surface area contributed by atoms with Crippen molar-refractivity contribution in [1.82, 2.24) is 4.40 Å². The molecule has 110 valence electrons. The van der Waals surface area contributed by atoms with Gasteiger partial charge in [0.15, 0.2) is 0 Å². The molecule has 4 rings (SSSR count). The number of rotatable bonds is 3. The van der Waals surface area contributed by atoms with Crippen LogP contribution in [0.3, 0.4) is 0 Å². The molecule has 0 aliphatic heterocycles. The van der Waals surface area contributed by atoms with E-state index in [4.69, 9.17) is 0 Å². The van der Waals surface area contributed by atoms with Crippen LogP contribution in [0, 0.1) is 0 Å². The zero-order chi connectivity index (χ0) is 15.3. The first-order valence-electron chi connectivity index (χ1n) is 7.52. The second-order valence-electron chi connectivity index (χ2n) is 5.60. The molecular formula is C19H17NO2. The van der Waals surface area contributed by atoms with E-state index in [1.807, 2.05) is 24.3 Å². The van der Waals surface area contributed by atoms with E-state index >= 15 is 0 Å². The van der Waals surface area contributed by atoms with Crippen molar-refractivity contribution in [3.63, 3.8) is 0 Å². The summed E-state index contributed by atoms with van der Waals surface area (Å²) >= 11 is 0. The number of phenols is 1. The van der Waals surface area contributed by atoms with Crippen molar-refractivity contribution in [1.29, 1.82) is 0 Å². The Kier molecular flexibility index (Phi) is 2.84. The molecule has 3 heterocycles. The quantitative estimate of drug-likeness (QED) is 0.600. The molecule has 3 aromatic heterocycles. The fourth-order valence-electron chi connectivity index (χ4n) is 3.46. The van der Waals surface area contributed by atoms with Gasteiger partial charge < -0.3 is 14.6 Å². The number of pyridine rings is 1. The van der Waals surface area contributed by atoms with Crippen LogP contribution in [0.5, 0.6) is 5.75 Å². The zero-order valence-electron chi connectivity index (χ0n) is 12.4. The number of hydrogen-bond donors (Lipinski definition) is 2. The van der Waals surface area contributed by atoms with E-state index in [0.29, 0.717) is 0 Å². The lowest BCUT2D eigenvalue weighted by atomic mass is 9.98. The minimum atomic E-state index is 0.0370. The van der Waals surface area contributed by atoms with Crippen LogP contribution in [0.15, 0.2) is 48.5 Å². The molecule has 0 radical (unpaired) electrons. The molecule has 0 bridgehead atoms. The Labute approximate surface area is 128 Å². The van der Waals surface area contributed by atoms with E-state index in [0.717, 1.165) is 34.1 Å². The highest BCUT2D eigenvalue weighted by atomic mass is 16.3. The van der Waals surface area contributed by atoms with E-state index in [1.165, 1.54) is 11.1 Å². The number of aromatic hydroxyl groups is 1. The molecule has 2 N–H and O–H groups in total. The van der Waals surface area contributed by atoms with Crippen LogP contribution in [0.1, 0.15) is 18.1 Å². The van der Waals surface area contributed by atoms with E-state index in [-0.39, 0.29) is 12.4 Å². The molecule has 1 aromatic carbocycles. The SMILES string of the molecule is CCc1c(-c2ccc(O)cc2)c2ccc3ccc(CO)c1n32. The molecule has 0 spiro atoms. The Morgan fingerprint density at radius 1 is 0.955 bits per heavy atom. The van der Waals surface area contributed by atoms with Gasteiger partial charge in [-0.05, 0) is 47.9 Å². The first kappa shape index (κ1) is 13.2. The van der Waals surface area contributed by atoms with Gasteiger partial charge in [-0.1, -0.05) is 25.1 Å². The van der Waals surface area contributed by atoms with Crippen LogP contribution in [0.25, 0.3) is 27.7 Å². The van der Waals surface area contributed by atoms with Crippen LogP contribution in [0.2, 0.25) is 0 Å². The number of nitrogens with zero attached hydrogens (tertiary/aromatic N) is 1. The Morgan fingerprint density at radius 3 is 2.36 bits per heavy atom. The van der Waals surface area contributed by atoms with Gasteiger partial charge in [0.25, 0.3) is 0 Å². The van der Waals surface area contributed by atoms with E-state index in [1.54, 1.807) is 12.1 Å². The second-order valence-corrected chi connectivity index (χ2v) is 5.60.